The lowest BCUT2D eigenvalue weighted by Gasteiger charge is -2.17. The van der Waals surface area contributed by atoms with Crippen molar-refractivity contribution in [1.82, 2.24) is 5.32 Å². The SMILES string of the molecule is C#CCOc1ccc(CCNC(=O)C(OCC#C)c2ccc(C)cc2)cc1OC. The molecule has 2 rings (SSSR count). The first-order chi connectivity index (χ1) is 14.1. The van der Waals surface area contributed by atoms with E-state index in [2.05, 4.69) is 17.2 Å². The van der Waals surface area contributed by atoms with Crippen LogP contribution in [0.1, 0.15) is 22.8 Å². The van der Waals surface area contributed by atoms with Crippen molar-refractivity contribution in [3.8, 4) is 36.2 Å². The van der Waals surface area contributed by atoms with Crippen LogP contribution in [0, 0.1) is 31.6 Å². The molecule has 0 heterocycles. The van der Waals surface area contributed by atoms with E-state index in [0.717, 1.165) is 16.7 Å². The number of benzene rings is 2. The Morgan fingerprint density at radius 1 is 1.07 bits per heavy atom. The highest BCUT2D eigenvalue weighted by atomic mass is 16.5. The summed E-state index contributed by atoms with van der Waals surface area (Å²) in [5.74, 6) is 5.78. The molecule has 0 bridgehead atoms. The summed E-state index contributed by atoms with van der Waals surface area (Å²) in [5, 5.41) is 2.91. The average molecular weight is 391 g/mol. The molecule has 0 radical (unpaired) electrons. The van der Waals surface area contributed by atoms with E-state index in [-0.39, 0.29) is 19.1 Å². The number of aryl methyl sites for hydroxylation is 1. The maximum absolute atomic E-state index is 12.7. The molecule has 5 nitrogen and oxygen atoms in total. The monoisotopic (exact) mass is 391 g/mol. The second-order valence-electron chi connectivity index (χ2n) is 6.32. The fourth-order valence-electron chi connectivity index (χ4n) is 2.72. The molecule has 5 heteroatoms. The highest BCUT2D eigenvalue weighted by Crippen LogP contribution is 2.28. The summed E-state index contributed by atoms with van der Waals surface area (Å²) >= 11 is 0. The molecule has 1 unspecified atom stereocenters. The van der Waals surface area contributed by atoms with Gasteiger partial charge in [-0.05, 0) is 36.6 Å². The van der Waals surface area contributed by atoms with Gasteiger partial charge in [0.2, 0.25) is 0 Å². The van der Waals surface area contributed by atoms with Crippen LogP contribution in [0.3, 0.4) is 0 Å². The lowest BCUT2D eigenvalue weighted by atomic mass is 10.1. The second kappa shape index (κ2) is 11.4. The summed E-state index contributed by atoms with van der Waals surface area (Å²) in [6, 6.07) is 13.2. The number of carbonyl (C=O) groups is 1. The number of methoxy groups -OCH3 is 1. The molecular formula is C24H25NO4. The Morgan fingerprint density at radius 2 is 1.79 bits per heavy atom. The van der Waals surface area contributed by atoms with Gasteiger partial charge in [0.25, 0.3) is 5.91 Å². The van der Waals surface area contributed by atoms with Gasteiger partial charge >= 0.3 is 0 Å². The summed E-state index contributed by atoms with van der Waals surface area (Å²) in [7, 11) is 1.57. The Kier molecular flexibility index (Phi) is 8.63. The summed E-state index contributed by atoms with van der Waals surface area (Å²) in [5.41, 5.74) is 2.86. The van der Waals surface area contributed by atoms with Gasteiger partial charge in [0.15, 0.2) is 17.6 Å². The minimum atomic E-state index is -0.749. The van der Waals surface area contributed by atoms with E-state index in [0.29, 0.717) is 24.5 Å². The van der Waals surface area contributed by atoms with Gasteiger partial charge in [-0.1, -0.05) is 47.7 Å². The third-order valence-electron chi connectivity index (χ3n) is 4.20. The van der Waals surface area contributed by atoms with Crippen LogP contribution >= 0.6 is 0 Å². The summed E-state index contributed by atoms with van der Waals surface area (Å²) in [6.07, 6.45) is 10.4. The lowest BCUT2D eigenvalue weighted by Crippen LogP contribution is -2.32. The Labute approximate surface area is 172 Å². The molecule has 0 aliphatic heterocycles. The van der Waals surface area contributed by atoms with Crippen LogP contribution < -0.4 is 14.8 Å². The van der Waals surface area contributed by atoms with Crippen molar-refractivity contribution in [2.45, 2.75) is 19.4 Å². The number of amides is 1. The minimum Gasteiger partial charge on any atom is -0.493 e. The van der Waals surface area contributed by atoms with Crippen LogP contribution in [-0.4, -0.2) is 32.8 Å². The fraction of sp³-hybridized carbons (Fsp3) is 0.292. The van der Waals surface area contributed by atoms with E-state index in [1.54, 1.807) is 13.2 Å². The zero-order valence-electron chi connectivity index (χ0n) is 16.7. The standard InChI is InChI=1S/C24H25NO4/c1-5-15-28-21-12-9-19(17-22(21)27-4)13-14-25-24(26)23(29-16-6-2)20-10-7-18(3)8-11-20/h1-2,7-12,17,23H,13-16H2,3-4H3,(H,25,26). The van der Waals surface area contributed by atoms with Crippen molar-refractivity contribution >= 4 is 5.91 Å². The van der Waals surface area contributed by atoms with Gasteiger partial charge < -0.3 is 19.5 Å². The fourth-order valence-corrected chi connectivity index (χ4v) is 2.72. The molecule has 0 saturated heterocycles. The molecule has 150 valence electrons. The molecule has 29 heavy (non-hydrogen) atoms. The lowest BCUT2D eigenvalue weighted by molar-refractivity contribution is -0.132. The van der Waals surface area contributed by atoms with Gasteiger partial charge in [0.1, 0.15) is 13.2 Å². The molecule has 0 aliphatic rings. The molecule has 1 atom stereocenters. The largest absolute Gasteiger partial charge is 0.493 e. The predicted molar refractivity (Wildman–Crippen MR) is 113 cm³/mol. The molecule has 0 aliphatic carbocycles. The third kappa shape index (κ3) is 6.60. The molecule has 2 aromatic carbocycles. The van der Waals surface area contributed by atoms with Gasteiger partial charge in [-0.15, -0.1) is 12.8 Å². The van der Waals surface area contributed by atoms with Crippen LogP contribution in [-0.2, 0) is 16.0 Å². The van der Waals surface area contributed by atoms with Crippen LogP contribution in [0.25, 0.3) is 0 Å². The third-order valence-corrected chi connectivity index (χ3v) is 4.20. The van der Waals surface area contributed by atoms with E-state index in [4.69, 9.17) is 27.1 Å². The molecule has 0 saturated carbocycles. The Bertz CT molecular complexity index is 891. The highest BCUT2D eigenvalue weighted by Gasteiger charge is 2.20. The zero-order valence-corrected chi connectivity index (χ0v) is 16.7. The van der Waals surface area contributed by atoms with E-state index >= 15 is 0 Å². The van der Waals surface area contributed by atoms with Crippen molar-refractivity contribution < 1.29 is 19.0 Å². The topological polar surface area (TPSA) is 56.8 Å². The first kappa shape index (κ1) is 21.9. The Morgan fingerprint density at radius 3 is 2.45 bits per heavy atom. The van der Waals surface area contributed by atoms with E-state index in [1.165, 1.54) is 0 Å². The Hall–Kier alpha value is -3.41. The normalized spacial score (nSPS) is 11.0. The smallest absolute Gasteiger partial charge is 0.253 e. The van der Waals surface area contributed by atoms with E-state index < -0.39 is 6.10 Å². The van der Waals surface area contributed by atoms with Crippen molar-refractivity contribution in [3.63, 3.8) is 0 Å². The number of terminal acetylenes is 2. The molecule has 2 aromatic rings. The average Bonchev–Trinajstić information content (AvgIpc) is 2.74. The first-order valence-corrected chi connectivity index (χ1v) is 9.21. The predicted octanol–water partition coefficient (Wildman–Crippen LogP) is 3.07. The first-order valence-electron chi connectivity index (χ1n) is 9.21. The molecule has 0 spiro atoms. The number of carbonyl (C=O) groups excluding carboxylic acids is 1. The zero-order chi connectivity index (χ0) is 21.1. The Balaban J connectivity index is 1.98. The minimum absolute atomic E-state index is 0.0578. The quantitative estimate of drug-likeness (QED) is 0.633. The maximum Gasteiger partial charge on any atom is 0.253 e. The van der Waals surface area contributed by atoms with E-state index in [1.807, 2.05) is 43.3 Å². The molecule has 0 aromatic heterocycles. The van der Waals surface area contributed by atoms with Gasteiger partial charge in [-0.3, -0.25) is 4.79 Å². The number of ether oxygens (including phenoxy) is 3. The molecular weight excluding hydrogens is 366 g/mol. The molecule has 0 fully saturated rings. The van der Waals surface area contributed by atoms with Gasteiger partial charge in [0, 0.05) is 6.54 Å². The second-order valence-corrected chi connectivity index (χ2v) is 6.32. The molecule has 1 N–H and O–H groups in total. The summed E-state index contributed by atoms with van der Waals surface area (Å²) < 4.78 is 16.3. The van der Waals surface area contributed by atoms with Crippen LogP contribution in [0.2, 0.25) is 0 Å². The summed E-state index contributed by atoms with van der Waals surface area (Å²) in [4.78, 5) is 12.7. The summed E-state index contributed by atoms with van der Waals surface area (Å²) in [6.45, 7) is 2.65. The van der Waals surface area contributed by atoms with Crippen molar-refractivity contribution in [1.29, 1.82) is 0 Å². The van der Waals surface area contributed by atoms with Crippen LogP contribution in [0.4, 0.5) is 0 Å². The van der Waals surface area contributed by atoms with E-state index in [9.17, 15) is 4.79 Å². The van der Waals surface area contributed by atoms with Crippen molar-refractivity contribution in [2.75, 3.05) is 26.9 Å². The number of hydrogen-bond acceptors (Lipinski definition) is 4. The van der Waals surface area contributed by atoms with Gasteiger partial charge in [0.05, 0.1) is 7.11 Å². The van der Waals surface area contributed by atoms with Crippen molar-refractivity contribution in [3.05, 3.63) is 59.2 Å². The maximum atomic E-state index is 12.7. The molecule has 1 amide bonds. The highest BCUT2D eigenvalue weighted by molar-refractivity contribution is 5.82. The van der Waals surface area contributed by atoms with Gasteiger partial charge in [-0.25, -0.2) is 0 Å². The van der Waals surface area contributed by atoms with Crippen LogP contribution in [0.15, 0.2) is 42.5 Å². The van der Waals surface area contributed by atoms with Crippen molar-refractivity contribution in [2.24, 2.45) is 0 Å². The van der Waals surface area contributed by atoms with Crippen LogP contribution in [0.5, 0.6) is 11.5 Å². The number of rotatable bonds is 10. The van der Waals surface area contributed by atoms with Gasteiger partial charge in [-0.2, -0.15) is 0 Å². The number of nitrogens with one attached hydrogen (secondary N) is 1. The number of hydrogen-bond donors (Lipinski definition) is 1.